The number of esters is 1. The highest BCUT2D eigenvalue weighted by atomic mass is 16.6. The number of nitrogens with zero attached hydrogens (tertiary/aromatic N) is 2. The molecule has 2 saturated heterocycles. The lowest BCUT2D eigenvalue weighted by molar-refractivity contribution is -0.165. The fourth-order valence-electron chi connectivity index (χ4n) is 6.59. The second-order valence-corrected chi connectivity index (χ2v) is 11.7. The molecule has 0 aromatic carbocycles. The van der Waals surface area contributed by atoms with E-state index in [1.165, 1.54) is 0 Å². The fraction of sp³-hybridized carbons (Fsp3) is 0.750. The molecule has 0 radical (unpaired) electrons. The van der Waals surface area contributed by atoms with Crippen molar-refractivity contribution in [2.75, 3.05) is 19.8 Å². The summed E-state index contributed by atoms with van der Waals surface area (Å²) in [6.45, 7) is 12.2. The number of fused-ring (bicyclic) bond motifs is 2. The number of aliphatic hydroxyl groups excluding tert-OH is 1. The Bertz CT molecular complexity index is 954. The Hall–Kier alpha value is -2.19. The summed E-state index contributed by atoms with van der Waals surface area (Å²) in [5.41, 5.74) is -2.89. The first-order valence-electron chi connectivity index (χ1n) is 13.5. The van der Waals surface area contributed by atoms with Crippen LogP contribution >= 0.6 is 0 Å². The van der Waals surface area contributed by atoms with Crippen molar-refractivity contribution in [2.24, 2.45) is 17.8 Å². The molecule has 0 aliphatic carbocycles. The first-order chi connectivity index (χ1) is 17.0. The summed E-state index contributed by atoms with van der Waals surface area (Å²) in [6.07, 6.45) is 10.3. The highest BCUT2D eigenvalue weighted by molar-refractivity contribution is 5.99. The van der Waals surface area contributed by atoms with Crippen LogP contribution in [0, 0.1) is 17.8 Å². The maximum Gasteiger partial charge on any atom is 0.313 e. The molecule has 4 aliphatic rings. The molecule has 4 rings (SSSR count). The highest BCUT2D eigenvalue weighted by Crippen LogP contribution is 2.59. The largest absolute Gasteiger partial charge is 0.465 e. The van der Waals surface area contributed by atoms with E-state index in [4.69, 9.17) is 9.47 Å². The van der Waals surface area contributed by atoms with Gasteiger partial charge in [-0.3, -0.25) is 14.4 Å². The van der Waals surface area contributed by atoms with Crippen LogP contribution in [0.25, 0.3) is 0 Å². The Labute approximate surface area is 214 Å². The van der Waals surface area contributed by atoms with Crippen LogP contribution in [-0.2, 0) is 23.9 Å². The molecule has 0 aromatic rings. The SMILES string of the molecule is CC[C@H](C)[C@H](CO)N1C(=O)[C@@H]2[C@@H]3C(=O)OCCC/C=C\[C@]3(CC)O[C@@]23C=CCN(C(C)(C)C)C(=O)C13. The van der Waals surface area contributed by atoms with Gasteiger partial charge >= 0.3 is 5.97 Å². The van der Waals surface area contributed by atoms with E-state index in [1.54, 1.807) is 9.80 Å². The number of ether oxygens (including phenoxy) is 2. The van der Waals surface area contributed by atoms with Gasteiger partial charge in [-0.25, -0.2) is 0 Å². The van der Waals surface area contributed by atoms with Gasteiger partial charge in [-0.15, -0.1) is 0 Å². The Morgan fingerprint density at radius 2 is 1.83 bits per heavy atom. The van der Waals surface area contributed by atoms with Crippen molar-refractivity contribution in [2.45, 2.75) is 96.1 Å². The van der Waals surface area contributed by atoms with Gasteiger partial charge in [0.15, 0.2) is 0 Å². The van der Waals surface area contributed by atoms with Crippen molar-refractivity contribution in [3.63, 3.8) is 0 Å². The van der Waals surface area contributed by atoms with Crippen LogP contribution in [0.1, 0.15) is 67.2 Å². The van der Waals surface area contributed by atoms with Crippen LogP contribution in [-0.4, -0.2) is 81.3 Å². The van der Waals surface area contributed by atoms with Crippen molar-refractivity contribution >= 4 is 17.8 Å². The number of hydrogen-bond donors (Lipinski definition) is 1. The van der Waals surface area contributed by atoms with Gasteiger partial charge in [0.05, 0.1) is 25.2 Å². The van der Waals surface area contributed by atoms with Gasteiger partial charge in [0.1, 0.15) is 23.2 Å². The Morgan fingerprint density at radius 1 is 1.11 bits per heavy atom. The smallest absolute Gasteiger partial charge is 0.313 e. The molecule has 1 N–H and O–H groups in total. The molecule has 8 nitrogen and oxygen atoms in total. The van der Waals surface area contributed by atoms with Crippen molar-refractivity contribution in [1.82, 2.24) is 9.80 Å². The average molecular weight is 503 g/mol. The molecular formula is C28H42N2O6. The number of rotatable bonds is 5. The zero-order valence-electron chi connectivity index (χ0n) is 22.5. The van der Waals surface area contributed by atoms with Crippen LogP contribution in [0.15, 0.2) is 24.3 Å². The molecule has 8 heteroatoms. The van der Waals surface area contributed by atoms with Gasteiger partial charge in [0, 0.05) is 12.1 Å². The third kappa shape index (κ3) is 3.92. The van der Waals surface area contributed by atoms with Gasteiger partial charge < -0.3 is 24.4 Å². The Kier molecular flexibility index (Phi) is 7.16. The molecule has 0 aromatic heterocycles. The molecule has 0 saturated carbocycles. The molecule has 1 spiro atoms. The minimum absolute atomic E-state index is 0.0544. The van der Waals surface area contributed by atoms with Crippen molar-refractivity contribution in [3.8, 4) is 0 Å². The standard InChI is InChI=1S/C28H42N2O6/c1-7-18(3)19(17-31)30-22-24(33)29(26(4,5)6)15-12-14-28(22)20(23(30)32)21-25(34)35-16-11-9-10-13-27(21,8-2)36-28/h10,12-14,18-22,31H,7-9,11,15-17H2,1-6H3/b13-10-/t18-,19-,20-,21+,22?,27-,28-/m0/s1. The van der Waals surface area contributed by atoms with E-state index >= 15 is 0 Å². The summed E-state index contributed by atoms with van der Waals surface area (Å²) in [5.74, 6) is -2.86. The zero-order chi connectivity index (χ0) is 26.5. The first-order valence-corrected chi connectivity index (χ1v) is 13.5. The second kappa shape index (κ2) is 9.60. The third-order valence-electron chi connectivity index (χ3n) is 8.73. The summed E-state index contributed by atoms with van der Waals surface area (Å²) >= 11 is 0. The van der Waals surface area contributed by atoms with Gasteiger partial charge in [0.2, 0.25) is 11.8 Å². The number of amides is 2. The van der Waals surface area contributed by atoms with Crippen molar-refractivity contribution in [1.29, 1.82) is 0 Å². The van der Waals surface area contributed by atoms with E-state index in [2.05, 4.69) is 0 Å². The topological polar surface area (TPSA) is 96.4 Å². The predicted octanol–water partition coefficient (Wildman–Crippen LogP) is 2.84. The molecule has 1 unspecified atom stereocenters. The predicted molar refractivity (Wildman–Crippen MR) is 135 cm³/mol. The van der Waals surface area contributed by atoms with Gasteiger partial charge in [-0.1, -0.05) is 51.5 Å². The van der Waals surface area contributed by atoms with Gasteiger partial charge in [-0.05, 0) is 46.0 Å². The minimum atomic E-state index is -1.34. The highest BCUT2D eigenvalue weighted by Gasteiger charge is 2.76. The molecule has 0 bridgehead atoms. The maximum atomic E-state index is 14.4. The van der Waals surface area contributed by atoms with Crippen LogP contribution < -0.4 is 0 Å². The van der Waals surface area contributed by atoms with Crippen molar-refractivity contribution < 1.29 is 29.0 Å². The van der Waals surface area contributed by atoms with Gasteiger partial charge in [0.25, 0.3) is 0 Å². The quantitative estimate of drug-likeness (QED) is 0.459. The van der Waals surface area contributed by atoms with E-state index in [9.17, 15) is 19.5 Å². The molecule has 2 amide bonds. The normalized spacial score (nSPS) is 37.2. The summed E-state index contributed by atoms with van der Waals surface area (Å²) in [5, 5.41) is 10.5. The summed E-state index contributed by atoms with van der Waals surface area (Å²) < 4.78 is 12.6. The van der Waals surface area contributed by atoms with E-state index in [0.717, 1.165) is 12.8 Å². The molecule has 7 atom stereocenters. The number of hydrogen-bond acceptors (Lipinski definition) is 6. The minimum Gasteiger partial charge on any atom is -0.465 e. The average Bonchev–Trinajstić information content (AvgIpc) is 3.20. The Balaban J connectivity index is 1.96. The summed E-state index contributed by atoms with van der Waals surface area (Å²) in [6, 6.07) is -1.56. The molecule has 4 heterocycles. The van der Waals surface area contributed by atoms with Crippen LogP contribution in [0.3, 0.4) is 0 Å². The van der Waals surface area contributed by atoms with E-state index in [1.807, 2.05) is 65.8 Å². The lowest BCUT2D eigenvalue weighted by Crippen LogP contribution is -2.62. The van der Waals surface area contributed by atoms with E-state index in [0.29, 0.717) is 19.4 Å². The monoisotopic (exact) mass is 502 g/mol. The zero-order valence-corrected chi connectivity index (χ0v) is 22.5. The van der Waals surface area contributed by atoms with E-state index < -0.39 is 46.6 Å². The lowest BCUT2D eigenvalue weighted by atomic mass is 9.73. The number of allylic oxidation sites excluding steroid dienone is 1. The van der Waals surface area contributed by atoms with Crippen molar-refractivity contribution in [3.05, 3.63) is 24.3 Å². The lowest BCUT2D eigenvalue weighted by Gasteiger charge is -2.44. The van der Waals surface area contributed by atoms with Crippen LogP contribution in [0.4, 0.5) is 0 Å². The first kappa shape index (κ1) is 26.9. The van der Waals surface area contributed by atoms with E-state index in [-0.39, 0.29) is 30.9 Å². The number of aliphatic hydroxyl groups is 1. The number of cyclic esters (lactones) is 1. The summed E-state index contributed by atoms with van der Waals surface area (Å²) in [4.78, 5) is 45.7. The Morgan fingerprint density at radius 3 is 2.44 bits per heavy atom. The molecular weight excluding hydrogens is 460 g/mol. The molecule has 36 heavy (non-hydrogen) atoms. The summed E-state index contributed by atoms with van der Waals surface area (Å²) in [7, 11) is 0. The maximum absolute atomic E-state index is 14.4. The van der Waals surface area contributed by atoms with Crippen LogP contribution in [0.2, 0.25) is 0 Å². The molecule has 2 fully saturated rings. The van der Waals surface area contributed by atoms with Gasteiger partial charge in [-0.2, -0.15) is 0 Å². The number of carbonyl (C=O) groups excluding carboxylic acids is 3. The second-order valence-electron chi connectivity index (χ2n) is 11.7. The third-order valence-corrected chi connectivity index (χ3v) is 8.73. The fourth-order valence-corrected chi connectivity index (χ4v) is 6.59. The molecule has 200 valence electrons. The number of carbonyl (C=O) groups is 3. The number of likely N-dealkylation sites (tertiary alicyclic amines) is 1. The van der Waals surface area contributed by atoms with Crippen LogP contribution in [0.5, 0.6) is 0 Å². The molecule has 4 aliphatic heterocycles.